The first-order valence-corrected chi connectivity index (χ1v) is 5.12. The molecule has 0 aliphatic carbocycles. The summed E-state index contributed by atoms with van der Waals surface area (Å²) in [6, 6.07) is 0. The summed E-state index contributed by atoms with van der Waals surface area (Å²) >= 11 is -1.69. The molecule has 70 valence electrons. The fraction of sp³-hybridized carbons (Fsp3) is 1.00. The summed E-state index contributed by atoms with van der Waals surface area (Å²) in [7, 11) is -4.89. The van der Waals surface area contributed by atoms with Gasteiger partial charge >= 0.3 is 51.4 Å². The van der Waals surface area contributed by atoms with Gasteiger partial charge in [0.15, 0.2) is 11.1 Å². The molecule has 10 heteroatoms. The molecule has 0 rings (SSSR count). The minimum Gasteiger partial charge on any atom is -0.756 e. The van der Waals surface area contributed by atoms with Crippen molar-refractivity contribution in [3.63, 3.8) is 0 Å². The monoisotopic (exact) mass is 245 g/mol. The van der Waals surface area contributed by atoms with Crippen LogP contribution in [0.2, 0.25) is 0 Å². The Labute approximate surface area is 115 Å². The first-order chi connectivity index (χ1) is 4.77. The Morgan fingerprint density at radius 3 is 1.75 bits per heavy atom. The van der Waals surface area contributed by atoms with Gasteiger partial charge < -0.3 is 25.0 Å². The van der Waals surface area contributed by atoms with Crippen molar-refractivity contribution in [2.75, 3.05) is 12.3 Å². The van der Waals surface area contributed by atoms with Gasteiger partial charge in [-0.1, -0.05) is 0 Å². The van der Waals surface area contributed by atoms with Crippen molar-refractivity contribution in [3.8, 4) is 0 Å². The molecule has 0 saturated heterocycles. The van der Waals surface area contributed by atoms with Crippen LogP contribution in [0.3, 0.4) is 0 Å². The third-order valence-corrected chi connectivity index (χ3v) is 0.877. The van der Waals surface area contributed by atoms with Gasteiger partial charge in [0, 0.05) is 6.54 Å². The molecule has 12 heavy (non-hydrogen) atoms. The number of rotatable bonds is 2. The van der Waals surface area contributed by atoms with Crippen molar-refractivity contribution in [1.29, 1.82) is 0 Å². The molecule has 7 nitrogen and oxygen atoms in total. The van der Waals surface area contributed by atoms with E-state index >= 15 is 0 Å². The van der Waals surface area contributed by atoms with E-state index in [9.17, 15) is 4.21 Å². The van der Waals surface area contributed by atoms with Crippen molar-refractivity contribution in [3.05, 3.63) is 0 Å². The van der Waals surface area contributed by atoms with Gasteiger partial charge in [0.25, 0.3) is 7.82 Å². The SMILES string of the molecule is NCCS(=O)O.O=P([O-])(O)O.[K+]. The maximum absolute atomic E-state index is 9.63. The van der Waals surface area contributed by atoms with Gasteiger partial charge in [-0.05, 0) is 0 Å². The molecule has 0 saturated carbocycles. The number of hydrogen-bond donors (Lipinski definition) is 4. The van der Waals surface area contributed by atoms with E-state index in [2.05, 4.69) is 0 Å². The smallest absolute Gasteiger partial charge is 0.756 e. The van der Waals surface area contributed by atoms with Crippen molar-refractivity contribution in [1.82, 2.24) is 0 Å². The fourth-order valence-electron chi connectivity index (χ4n) is 0.101. The van der Waals surface area contributed by atoms with Gasteiger partial charge in [-0.15, -0.1) is 0 Å². The van der Waals surface area contributed by atoms with E-state index in [4.69, 9.17) is 29.5 Å². The Balaban J connectivity index is -0.000000126. The number of phosphoric acid groups is 1. The van der Waals surface area contributed by atoms with E-state index in [1.165, 1.54) is 0 Å². The van der Waals surface area contributed by atoms with E-state index in [-0.39, 0.29) is 63.7 Å². The Morgan fingerprint density at radius 2 is 1.75 bits per heavy atom. The second-order valence-corrected chi connectivity index (χ2v) is 3.34. The van der Waals surface area contributed by atoms with Crippen LogP contribution in [-0.2, 0) is 15.6 Å². The molecule has 0 amide bonds. The quantitative estimate of drug-likeness (QED) is 0.216. The summed E-state index contributed by atoms with van der Waals surface area (Å²) in [5.74, 6) is 0.181. The van der Waals surface area contributed by atoms with E-state index in [1.54, 1.807) is 0 Å². The molecular weight excluding hydrogens is 236 g/mol. The van der Waals surface area contributed by atoms with Crippen LogP contribution in [0.1, 0.15) is 0 Å². The van der Waals surface area contributed by atoms with Gasteiger partial charge in [-0.3, -0.25) is 4.57 Å². The maximum atomic E-state index is 9.63. The molecule has 0 aromatic carbocycles. The molecule has 0 heterocycles. The molecule has 1 unspecified atom stereocenters. The Hall–Kier alpha value is 1.82. The third kappa shape index (κ3) is 59.6. The summed E-state index contributed by atoms with van der Waals surface area (Å²) in [5.41, 5.74) is 4.88. The van der Waals surface area contributed by atoms with E-state index in [0.717, 1.165) is 0 Å². The summed E-state index contributed by atoms with van der Waals surface area (Å²) in [6.07, 6.45) is 0. The minimum absolute atomic E-state index is 0. The largest absolute Gasteiger partial charge is 1.00 e. The predicted molar refractivity (Wildman–Crippen MR) is 36.7 cm³/mol. The number of hydrogen-bond acceptors (Lipinski definition) is 4. The van der Waals surface area contributed by atoms with Gasteiger partial charge in [-0.2, -0.15) is 0 Å². The van der Waals surface area contributed by atoms with E-state index < -0.39 is 18.9 Å². The Kier molecular flexibility index (Phi) is 17.6. The molecule has 0 bridgehead atoms. The van der Waals surface area contributed by atoms with Crippen LogP contribution >= 0.6 is 7.82 Å². The zero-order valence-corrected chi connectivity index (χ0v) is 11.2. The molecule has 0 fully saturated rings. The van der Waals surface area contributed by atoms with Crippen molar-refractivity contribution < 1.29 is 79.4 Å². The molecule has 0 aliphatic rings. The van der Waals surface area contributed by atoms with Gasteiger partial charge in [-0.25, -0.2) is 4.21 Å². The van der Waals surface area contributed by atoms with Crippen molar-refractivity contribution >= 4 is 18.9 Å². The average molecular weight is 245 g/mol. The van der Waals surface area contributed by atoms with Crippen LogP contribution < -0.4 is 62.0 Å². The second kappa shape index (κ2) is 10.9. The molecule has 0 aromatic rings. The van der Waals surface area contributed by atoms with Gasteiger partial charge in [0.2, 0.25) is 0 Å². The minimum atomic E-state index is -4.89. The van der Waals surface area contributed by atoms with Crippen LogP contribution in [0.15, 0.2) is 0 Å². The first-order valence-electron chi connectivity index (χ1n) is 2.31. The van der Waals surface area contributed by atoms with Crippen LogP contribution in [-0.4, -0.2) is 30.8 Å². The topological polar surface area (TPSA) is 144 Å². The molecule has 0 aliphatic heterocycles. The predicted octanol–water partition coefficient (Wildman–Crippen LogP) is -5.39. The molecular formula is C2H9KNO6PS. The second-order valence-electron chi connectivity index (χ2n) is 1.30. The van der Waals surface area contributed by atoms with Crippen LogP contribution in [0.4, 0.5) is 0 Å². The third-order valence-electron chi connectivity index (χ3n) is 0.292. The van der Waals surface area contributed by atoms with Crippen LogP contribution in [0.25, 0.3) is 0 Å². The van der Waals surface area contributed by atoms with E-state index in [0.29, 0.717) is 0 Å². The first kappa shape index (κ1) is 19.4. The maximum Gasteiger partial charge on any atom is 1.00 e. The van der Waals surface area contributed by atoms with Gasteiger partial charge in [0.1, 0.15) is 0 Å². The van der Waals surface area contributed by atoms with Crippen LogP contribution in [0.5, 0.6) is 0 Å². The Bertz CT molecular complexity index is 151. The van der Waals surface area contributed by atoms with Crippen molar-refractivity contribution in [2.45, 2.75) is 0 Å². The molecule has 5 N–H and O–H groups in total. The van der Waals surface area contributed by atoms with Gasteiger partial charge in [0.05, 0.1) is 5.75 Å². The zero-order chi connectivity index (χ0) is 9.49. The number of nitrogens with two attached hydrogens (primary N) is 1. The van der Waals surface area contributed by atoms with Crippen molar-refractivity contribution in [2.24, 2.45) is 5.73 Å². The standard InChI is InChI=1S/C2H7NO2S.K.H3O4P/c3-1-2-6(4)5;;1-5(2,3)4/h1-3H2,(H,4,5);;(H3,1,2,3,4)/q;+1;/p-1. The summed E-state index contributed by atoms with van der Waals surface area (Å²) < 4.78 is 26.3. The average Bonchev–Trinajstić information content (AvgIpc) is 1.58. The molecule has 0 radical (unpaired) electrons. The normalized spacial score (nSPS) is 12.1. The molecule has 0 aromatic heterocycles. The fourth-order valence-corrected chi connectivity index (χ4v) is 0.302. The molecule has 1 atom stereocenters. The summed E-state index contributed by atoms with van der Waals surface area (Å²) in [5, 5.41) is 0. The van der Waals surface area contributed by atoms with E-state index in [1.807, 2.05) is 0 Å². The zero-order valence-electron chi connectivity index (χ0n) is 6.41. The molecule has 0 spiro atoms. The summed E-state index contributed by atoms with van der Waals surface area (Å²) in [6.45, 7) is 0.281. The summed E-state index contributed by atoms with van der Waals surface area (Å²) in [4.78, 5) is 22.9. The van der Waals surface area contributed by atoms with Crippen LogP contribution in [0, 0.1) is 0 Å². The Morgan fingerprint density at radius 1 is 1.50 bits per heavy atom.